The Morgan fingerprint density at radius 2 is 2.00 bits per heavy atom. The van der Waals surface area contributed by atoms with E-state index in [1.54, 1.807) is 0 Å². The normalized spacial score (nSPS) is 17.4. The van der Waals surface area contributed by atoms with Crippen LogP contribution in [0.1, 0.15) is 57.2 Å². The van der Waals surface area contributed by atoms with E-state index in [-0.39, 0.29) is 0 Å². The highest BCUT2D eigenvalue weighted by Crippen LogP contribution is 2.28. The third kappa shape index (κ3) is 4.74. The molecule has 1 N–H and O–H groups in total. The highest BCUT2D eigenvalue weighted by atomic mass is 32.1. The molecule has 0 atom stereocenters. The van der Waals surface area contributed by atoms with E-state index < -0.39 is 0 Å². The number of nitrogens with zero attached hydrogens (tertiary/aromatic N) is 2. The monoisotopic (exact) mass is 295 g/mol. The zero-order valence-corrected chi connectivity index (χ0v) is 14.0. The van der Waals surface area contributed by atoms with Crippen molar-refractivity contribution in [1.82, 2.24) is 10.3 Å². The average Bonchev–Trinajstić information content (AvgIpc) is 2.72. The molecule has 4 heteroatoms. The van der Waals surface area contributed by atoms with Gasteiger partial charge in [0.25, 0.3) is 0 Å². The van der Waals surface area contributed by atoms with E-state index in [1.165, 1.54) is 48.5 Å². The van der Waals surface area contributed by atoms with Crippen LogP contribution in [0.3, 0.4) is 0 Å². The lowest BCUT2D eigenvalue weighted by Crippen LogP contribution is -2.30. The van der Waals surface area contributed by atoms with Crippen molar-refractivity contribution in [2.45, 2.75) is 65.0 Å². The summed E-state index contributed by atoms with van der Waals surface area (Å²) in [5, 5.41) is 4.69. The fourth-order valence-corrected chi connectivity index (χ4v) is 3.74. The van der Waals surface area contributed by atoms with Gasteiger partial charge >= 0.3 is 0 Å². The Balaban J connectivity index is 1.86. The summed E-state index contributed by atoms with van der Waals surface area (Å²) in [6.45, 7) is 6.51. The van der Waals surface area contributed by atoms with Crippen LogP contribution in [0.4, 0.5) is 5.13 Å². The summed E-state index contributed by atoms with van der Waals surface area (Å²) in [6.07, 6.45) is 10.3. The van der Waals surface area contributed by atoms with Crippen LogP contribution >= 0.6 is 11.3 Å². The maximum atomic E-state index is 4.62. The molecule has 0 amide bonds. The molecule has 0 aliphatic heterocycles. The summed E-state index contributed by atoms with van der Waals surface area (Å²) in [6, 6.07) is 0.695. The van der Waals surface area contributed by atoms with Gasteiger partial charge in [-0.05, 0) is 25.3 Å². The maximum absolute atomic E-state index is 4.62. The fourth-order valence-electron chi connectivity index (χ4n) is 2.83. The van der Waals surface area contributed by atoms with E-state index >= 15 is 0 Å². The minimum Gasteiger partial charge on any atom is -0.348 e. The van der Waals surface area contributed by atoms with E-state index in [4.69, 9.17) is 0 Å². The second-order valence-electron chi connectivity index (χ2n) is 6.39. The van der Waals surface area contributed by atoms with Crippen molar-refractivity contribution in [1.29, 1.82) is 0 Å². The minimum absolute atomic E-state index is 0.695. The number of thiazole rings is 1. The molecule has 3 nitrogen and oxygen atoms in total. The van der Waals surface area contributed by atoms with E-state index in [2.05, 4.69) is 36.1 Å². The van der Waals surface area contributed by atoms with Crippen molar-refractivity contribution in [3.8, 4) is 0 Å². The standard InChI is InChI=1S/C16H29N3S/c1-13(2)10-17-11-15-12-18-16(20-15)19(3)14-8-6-4-5-7-9-14/h12-14,17H,4-11H2,1-3H3. The van der Waals surface area contributed by atoms with E-state index in [9.17, 15) is 0 Å². The smallest absolute Gasteiger partial charge is 0.185 e. The van der Waals surface area contributed by atoms with E-state index in [1.807, 2.05) is 17.5 Å². The van der Waals surface area contributed by atoms with Crippen LogP contribution in [0.15, 0.2) is 6.20 Å². The number of anilines is 1. The van der Waals surface area contributed by atoms with Crippen LogP contribution in [0.5, 0.6) is 0 Å². The summed E-state index contributed by atoms with van der Waals surface area (Å²) in [5.74, 6) is 0.705. The summed E-state index contributed by atoms with van der Waals surface area (Å²) in [7, 11) is 2.22. The van der Waals surface area contributed by atoms with Crippen LogP contribution < -0.4 is 10.2 Å². The molecule has 2 rings (SSSR count). The predicted octanol–water partition coefficient (Wildman–Crippen LogP) is 4.05. The van der Waals surface area contributed by atoms with Crippen LogP contribution in [0.2, 0.25) is 0 Å². The van der Waals surface area contributed by atoms with Gasteiger partial charge in [-0.25, -0.2) is 4.98 Å². The third-order valence-electron chi connectivity index (χ3n) is 4.07. The van der Waals surface area contributed by atoms with E-state index in [0.717, 1.165) is 13.1 Å². The molecule has 0 radical (unpaired) electrons. The number of hydrogen-bond acceptors (Lipinski definition) is 4. The van der Waals surface area contributed by atoms with Crippen molar-refractivity contribution in [3.05, 3.63) is 11.1 Å². The molecule has 0 spiro atoms. The molecular weight excluding hydrogens is 266 g/mol. The minimum atomic E-state index is 0.695. The Hall–Kier alpha value is -0.610. The molecule has 1 fully saturated rings. The summed E-state index contributed by atoms with van der Waals surface area (Å²) < 4.78 is 0. The lowest BCUT2D eigenvalue weighted by Gasteiger charge is -2.26. The molecule has 0 bridgehead atoms. The quantitative estimate of drug-likeness (QED) is 0.803. The molecule has 1 saturated carbocycles. The van der Waals surface area contributed by atoms with Crippen molar-refractivity contribution in [2.75, 3.05) is 18.5 Å². The highest BCUT2D eigenvalue weighted by molar-refractivity contribution is 7.15. The van der Waals surface area contributed by atoms with Crippen molar-refractivity contribution >= 4 is 16.5 Å². The van der Waals surface area contributed by atoms with E-state index in [0.29, 0.717) is 12.0 Å². The van der Waals surface area contributed by atoms with Gasteiger partial charge in [-0.3, -0.25) is 0 Å². The van der Waals surface area contributed by atoms with Crippen LogP contribution in [-0.2, 0) is 6.54 Å². The fraction of sp³-hybridized carbons (Fsp3) is 0.812. The van der Waals surface area contributed by atoms with Gasteiger partial charge in [-0.15, -0.1) is 11.3 Å². The Morgan fingerprint density at radius 3 is 2.65 bits per heavy atom. The zero-order valence-electron chi connectivity index (χ0n) is 13.2. The number of hydrogen-bond donors (Lipinski definition) is 1. The third-order valence-corrected chi connectivity index (χ3v) is 5.16. The number of aromatic nitrogens is 1. The summed E-state index contributed by atoms with van der Waals surface area (Å²) in [5.41, 5.74) is 0. The lowest BCUT2D eigenvalue weighted by molar-refractivity contribution is 0.552. The molecule has 114 valence electrons. The Kier molecular flexibility index (Phi) is 6.30. The Bertz CT molecular complexity index is 381. The lowest BCUT2D eigenvalue weighted by atomic mass is 10.1. The molecule has 0 saturated heterocycles. The molecular formula is C16H29N3S. The molecule has 1 aliphatic carbocycles. The molecule has 20 heavy (non-hydrogen) atoms. The summed E-state index contributed by atoms with van der Waals surface area (Å²) in [4.78, 5) is 8.39. The molecule has 1 heterocycles. The maximum Gasteiger partial charge on any atom is 0.185 e. The SMILES string of the molecule is CC(C)CNCc1cnc(N(C)C2CCCCCC2)s1. The van der Waals surface area contributed by atoms with Gasteiger partial charge in [0.1, 0.15) is 0 Å². The first-order chi connectivity index (χ1) is 9.66. The molecule has 1 aliphatic rings. The van der Waals surface area contributed by atoms with Gasteiger partial charge in [0.2, 0.25) is 0 Å². The molecule has 0 aromatic carbocycles. The van der Waals surface area contributed by atoms with Gasteiger partial charge in [-0.1, -0.05) is 39.5 Å². The number of nitrogens with one attached hydrogen (secondary N) is 1. The number of rotatable bonds is 6. The van der Waals surface area contributed by atoms with Gasteiger partial charge in [-0.2, -0.15) is 0 Å². The Labute approximate surface area is 127 Å². The topological polar surface area (TPSA) is 28.2 Å². The van der Waals surface area contributed by atoms with Gasteiger partial charge in [0.05, 0.1) is 0 Å². The van der Waals surface area contributed by atoms with Gasteiger partial charge in [0.15, 0.2) is 5.13 Å². The molecule has 1 aromatic heterocycles. The van der Waals surface area contributed by atoms with Crippen molar-refractivity contribution in [3.63, 3.8) is 0 Å². The molecule has 0 unspecified atom stereocenters. The summed E-state index contributed by atoms with van der Waals surface area (Å²) >= 11 is 1.85. The Morgan fingerprint density at radius 1 is 1.30 bits per heavy atom. The zero-order chi connectivity index (χ0) is 14.4. The van der Waals surface area contributed by atoms with Crippen molar-refractivity contribution < 1.29 is 0 Å². The van der Waals surface area contributed by atoms with Crippen LogP contribution in [0.25, 0.3) is 0 Å². The highest BCUT2D eigenvalue weighted by Gasteiger charge is 2.19. The second-order valence-corrected chi connectivity index (χ2v) is 7.48. The van der Waals surface area contributed by atoms with Gasteiger partial charge in [0, 0.05) is 30.7 Å². The average molecular weight is 295 g/mol. The first kappa shape index (κ1) is 15.8. The second kappa shape index (κ2) is 7.99. The molecule has 1 aromatic rings. The van der Waals surface area contributed by atoms with Crippen LogP contribution in [0, 0.1) is 5.92 Å². The van der Waals surface area contributed by atoms with Gasteiger partial charge < -0.3 is 10.2 Å². The van der Waals surface area contributed by atoms with Crippen molar-refractivity contribution in [2.24, 2.45) is 5.92 Å². The first-order valence-electron chi connectivity index (χ1n) is 8.05. The largest absolute Gasteiger partial charge is 0.348 e. The first-order valence-corrected chi connectivity index (χ1v) is 8.86. The van der Waals surface area contributed by atoms with Crippen LogP contribution in [-0.4, -0.2) is 24.6 Å². The predicted molar refractivity (Wildman–Crippen MR) is 88.6 cm³/mol.